The maximum atomic E-state index is 11.8. The zero-order chi connectivity index (χ0) is 14.4. The molecule has 2 N–H and O–H groups in total. The van der Waals surface area contributed by atoms with Gasteiger partial charge in [-0.15, -0.1) is 0 Å². The van der Waals surface area contributed by atoms with Crippen LogP contribution >= 0.6 is 0 Å². The molecule has 2 aromatic rings. The molecule has 0 aliphatic carbocycles. The molecular formula is C17H19NO2. The molecule has 0 saturated heterocycles. The van der Waals surface area contributed by atoms with E-state index >= 15 is 0 Å². The number of esters is 1. The number of hydrogen-bond donors (Lipinski definition) is 1. The van der Waals surface area contributed by atoms with Crippen LogP contribution in [0.5, 0.6) is 0 Å². The van der Waals surface area contributed by atoms with Crippen molar-refractivity contribution in [3.05, 3.63) is 65.7 Å². The molecule has 1 atom stereocenters. The Bertz CT molecular complexity index is 549. The third kappa shape index (κ3) is 4.12. The second-order valence-corrected chi connectivity index (χ2v) is 4.92. The molecule has 1 unspecified atom stereocenters. The minimum Gasteiger partial charge on any atom is -0.461 e. The molecule has 3 nitrogen and oxygen atoms in total. The molecule has 20 heavy (non-hydrogen) atoms. The Morgan fingerprint density at radius 2 is 1.75 bits per heavy atom. The number of benzene rings is 2. The molecule has 0 aliphatic heterocycles. The molecule has 104 valence electrons. The lowest BCUT2D eigenvalue weighted by atomic mass is 9.98. The van der Waals surface area contributed by atoms with E-state index in [0.29, 0.717) is 13.0 Å². The van der Waals surface area contributed by atoms with Gasteiger partial charge in [-0.05, 0) is 29.2 Å². The van der Waals surface area contributed by atoms with Gasteiger partial charge in [-0.3, -0.25) is 4.79 Å². The fraction of sp³-hybridized carbons (Fsp3) is 0.235. The standard InChI is InChI=1S/C17H19NO2/c1-13(15-7-9-16(18)10-8-15)11-17(19)20-12-14-5-3-2-4-6-14/h2-10,13H,11-12,18H2,1H3. The van der Waals surface area contributed by atoms with Gasteiger partial charge in [-0.25, -0.2) is 0 Å². The molecule has 0 amide bonds. The molecule has 0 aliphatic rings. The second kappa shape index (κ2) is 6.75. The van der Waals surface area contributed by atoms with Gasteiger partial charge >= 0.3 is 5.97 Å². The maximum Gasteiger partial charge on any atom is 0.306 e. The van der Waals surface area contributed by atoms with E-state index in [1.807, 2.05) is 61.5 Å². The number of carbonyl (C=O) groups excluding carboxylic acids is 1. The second-order valence-electron chi connectivity index (χ2n) is 4.92. The molecule has 0 bridgehead atoms. The minimum absolute atomic E-state index is 0.124. The van der Waals surface area contributed by atoms with Gasteiger partial charge < -0.3 is 10.5 Å². The first-order chi connectivity index (χ1) is 9.65. The number of anilines is 1. The van der Waals surface area contributed by atoms with Crippen molar-refractivity contribution in [1.29, 1.82) is 0 Å². The van der Waals surface area contributed by atoms with Crippen LogP contribution in [0.4, 0.5) is 5.69 Å². The Kier molecular flexibility index (Phi) is 4.77. The molecule has 2 rings (SSSR count). The predicted octanol–water partition coefficient (Wildman–Crippen LogP) is 3.51. The molecule has 0 radical (unpaired) electrons. The highest BCUT2D eigenvalue weighted by Gasteiger charge is 2.12. The summed E-state index contributed by atoms with van der Waals surface area (Å²) in [7, 11) is 0. The number of nitrogens with two attached hydrogens (primary N) is 1. The van der Waals surface area contributed by atoms with Gasteiger partial charge in [-0.1, -0.05) is 49.4 Å². The summed E-state index contributed by atoms with van der Waals surface area (Å²) in [5, 5.41) is 0. The van der Waals surface area contributed by atoms with E-state index in [9.17, 15) is 4.79 Å². The maximum absolute atomic E-state index is 11.8. The summed E-state index contributed by atoms with van der Waals surface area (Å²) in [6.07, 6.45) is 0.372. The van der Waals surface area contributed by atoms with Crippen molar-refractivity contribution in [3.63, 3.8) is 0 Å². The van der Waals surface area contributed by atoms with Crippen LogP contribution in [0.25, 0.3) is 0 Å². The number of rotatable bonds is 5. The van der Waals surface area contributed by atoms with Crippen LogP contribution in [0, 0.1) is 0 Å². The molecule has 0 aromatic heterocycles. The minimum atomic E-state index is -0.182. The fourth-order valence-corrected chi connectivity index (χ4v) is 1.99. The van der Waals surface area contributed by atoms with Crippen molar-refractivity contribution in [2.45, 2.75) is 25.9 Å². The molecule has 0 heterocycles. The molecule has 0 fully saturated rings. The van der Waals surface area contributed by atoms with Gasteiger partial charge in [0.25, 0.3) is 0 Å². The number of ether oxygens (including phenoxy) is 1. The number of nitrogen functional groups attached to an aromatic ring is 1. The number of carbonyl (C=O) groups is 1. The summed E-state index contributed by atoms with van der Waals surface area (Å²) in [6.45, 7) is 2.34. The average molecular weight is 269 g/mol. The molecule has 3 heteroatoms. The third-order valence-corrected chi connectivity index (χ3v) is 3.22. The Morgan fingerprint density at radius 3 is 2.40 bits per heavy atom. The lowest BCUT2D eigenvalue weighted by Gasteiger charge is -2.12. The van der Waals surface area contributed by atoms with E-state index in [0.717, 1.165) is 16.8 Å². The monoisotopic (exact) mass is 269 g/mol. The molecule has 0 saturated carbocycles. The van der Waals surface area contributed by atoms with Gasteiger partial charge in [0.2, 0.25) is 0 Å². The predicted molar refractivity (Wildman–Crippen MR) is 80.1 cm³/mol. The Balaban J connectivity index is 1.83. The van der Waals surface area contributed by atoms with E-state index in [-0.39, 0.29) is 11.9 Å². The smallest absolute Gasteiger partial charge is 0.306 e. The normalized spacial score (nSPS) is 11.8. The quantitative estimate of drug-likeness (QED) is 0.667. The zero-order valence-electron chi connectivity index (χ0n) is 11.6. The van der Waals surface area contributed by atoms with Crippen LogP contribution in [0.2, 0.25) is 0 Å². The SMILES string of the molecule is CC(CC(=O)OCc1ccccc1)c1ccc(N)cc1. The highest BCUT2D eigenvalue weighted by Crippen LogP contribution is 2.20. The number of hydrogen-bond acceptors (Lipinski definition) is 3. The fourth-order valence-electron chi connectivity index (χ4n) is 1.99. The first-order valence-electron chi connectivity index (χ1n) is 6.70. The van der Waals surface area contributed by atoms with E-state index in [4.69, 9.17) is 10.5 Å². The third-order valence-electron chi connectivity index (χ3n) is 3.22. The van der Waals surface area contributed by atoms with Crippen LogP contribution < -0.4 is 5.73 Å². The van der Waals surface area contributed by atoms with Crippen molar-refractivity contribution in [3.8, 4) is 0 Å². The van der Waals surface area contributed by atoms with Gasteiger partial charge in [0.15, 0.2) is 0 Å². The highest BCUT2D eigenvalue weighted by molar-refractivity contribution is 5.70. The largest absolute Gasteiger partial charge is 0.461 e. The van der Waals surface area contributed by atoms with Gasteiger partial charge in [-0.2, -0.15) is 0 Å². The van der Waals surface area contributed by atoms with Gasteiger partial charge in [0.1, 0.15) is 6.61 Å². The molecule has 2 aromatic carbocycles. The van der Waals surface area contributed by atoms with Crippen molar-refractivity contribution < 1.29 is 9.53 Å². The lowest BCUT2D eigenvalue weighted by molar-refractivity contribution is -0.145. The van der Waals surface area contributed by atoms with Gasteiger partial charge in [0.05, 0.1) is 6.42 Å². The summed E-state index contributed by atoms with van der Waals surface area (Å²) in [4.78, 5) is 11.8. The van der Waals surface area contributed by atoms with Crippen molar-refractivity contribution >= 4 is 11.7 Å². The van der Waals surface area contributed by atoms with Crippen LogP contribution in [-0.4, -0.2) is 5.97 Å². The Hall–Kier alpha value is -2.29. The first kappa shape index (κ1) is 14.1. The van der Waals surface area contributed by atoms with Gasteiger partial charge in [0, 0.05) is 5.69 Å². The summed E-state index contributed by atoms with van der Waals surface area (Å²) in [6, 6.07) is 17.3. The van der Waals surface area contributed by atoms with Crippen LogP contribution in [0.3, 0.4) is 0 Å². The van der Waals surface area contributed by atoms with E-state index < -0.39 is 0 Å². The topological polar surface area (TPSA) is 52.3 Å². The van der Waals surface area contributed by atoms with E-state index in [1.54, 1.807) is 0 Å². The van der Waals surface area contributed by atoms with Crippen LogP contribution in [0.15, 0.2) is 54.6 Å². The summed E-state index contributed by atoms with van der Waals surface area (Å²) in [5.74, 6) is -0.0583. The Labute approximate surface area is 119 Å². The summed E-state index contributed by atoms with van der Waals surface area (Å²) < 4.78 is 5.28. The van der Waals surface area contributed by atoms with Crippen molar-refractivity contribution in [2.24, 2.45) is 0 Å². The van der Waals surface area contributed by atoms with Crippen molar-refractivity contribution in [1.82, 2.24) is 0 Å². The van der Waals surface area contributed by atoms with Crippen molar-refractivity contribution in [2.75, 3.05) is 5.73 Å². The summed E-state index contributed by atoms with van der Waals surface area (Å²) >= 11 is 0. The Morgan fingerprint density at radius 1 is 1.10 bits per heavy atom. The highest BCUT2D eigenvalue weighted by atomic mass is 16.5. The lowest BCUT2D eigenvalue weighted by Crippen LogP contribution is -2.08. The van der Waals surface area contributed by atoms with Crippen LogP contribution in [0.1, 0.15) is 30.4 Å². The molecule has 0 spiro atoms. The van der Waals surface area contributed by atoms with E-state index in [1.165, 1.54) is 0 Å². The average Bonchev–Trinajstić information content (AvgIpc) is 2.47. The molecular weight excluding hydrogens is 250 g/mol. The zero-order valence-corrected chi connectivity index (χ0v) is 11.6. The first-order valence-corrected chi connectivity index (χ1v) is 6.70. The van der Waals surface area contributed by atoms with Crippen LogP contribution in [-0.2, 0) is 16.1 Å². The summed E-state index contributed by atoms with van der Waals surface area (Å²) in [5.41, 5.74) is 8.47. The van der Waals surface area contributed by atoms with E-state index in [2.05, 4.69) is 0 Å².